The second-order valence-corrected chi connectivity index (χ2v) is 48.9. The summed E-state index contributed by atoms with van der Waals surface area (Å²) in [5.74, 6) is 1.33. The summed E-state index contributed by atoms with van der Waals surface area (Å²) < 4.78 is 5.54. The molecule has 26 rings (SSSR count). The Morgan fingerprint density at radius 3 is 1.05 bits per heavy atom. The highest BCUT2D eigenvalue weighted by Gasteiger charge is 2.82. The quantitative estimate of drug-likeness (QED) is 0.137. The highest BCUT2D eigenvalue weighted by molar-refractivity contribution is 7.27. The summed E-state index contributed by atoms with van der Waals surface area (Å²) in [5, 5.41) is 15.7. The Morgan fingerprint density at radius 1 is 0.290 bits per heavy atom. The van der Waals surface area contributed by atoms with Gasteiger partial charge < -0.3 is 5.11 Å². The average Bonchev–Trinajstić information content (AvgIpc) is 1.46. The van der Waals surface area contributed by atoms with Gasteiger partial charge in [-0.05, 0) is 432 Å². The molecule has 124 heavy (non-hydrogen) atoms. The fraction of sp³-hybridized carbons (Fsp3) is 0.417. The third-order valence-corrected chi connectivity index (χ3v) is 43.9. The molecule has 3 aromatic heterocycles. The van der Waals surface area contributed by atoms with Crippen LogP contribution >= 0.6 is 34.0 Å². The van der Waals surface area contributed by atoms with Crippen LogP contribution in [0.5, 0.6) is 5.75 Å². The predicted octanol–water partition coefficient (Wildman–Crippen LogP) is 34.8. The van der Waals surface area contributed by atoms with E-state index in [0.29, 0.717) is 17.6 Å². The number of aromatic hydroxyl groups is 1. The van der Waals surface area contributed by atoms with E-state index >= 15 is 0 Å². The summed E-state index contributed by atoms with van der Waals surface area (Å²) in [5.41, 5.74) is 38.6. The van der Waals surface area contributed by atoms with Crippen molar-refractivity contribution in [1.82, 2.24) is 0 Å². The van der Waals surface area contributed by atoms with Gasteiger partial charge >= 0.3 is 0 Å². The SMILES string of the molecule is CCC12CCC(CC)(CC1)C21c2cc(-c3ccc4c(c3)C3(c5cc(-c6ccc(-c7ccc(O)cc7)s6)ccc5-4)C4(C)CCC3(C)CC4)ccc2-c2cc3c(cc21)-c1ccc(-c2ccc4c(c2)sc2cc5c(cc24)sc2cc(-c4ccc6c(c4)C4(c7cc(C)ccc7-6)C6(C(C)C)CC(C)(C)CC4(C(C)C)C(C)(C)C6)ccc25)cc1C31C2(CC)CCC1(CC)CC2. The molecule has 3 heterocycles. The maximum Gasteiger partial charge on any atom is 0.115 e. The summed E-state index contributed by atoms with van der Waals surface area (Å²) >= 11 is 5.88. The van der Waals surface area contributed by atoms with Gasteiger partial charge in [0.2, 0.25) is 0 Å². The minimum Gasteiger partial charge on any atom is -0.508 e. The Morgan fingerprint density at radius 2 is 0.629 bits per heavy atom. The molecule has 8 saturated carbocycles. The highest BCUT2D eigenvalue weighted by atomic mass is 32.1. The number of benzene rings is 11. The van der Waals surface area contributed by atoms with Crippen LogP contribution in [0, 0.1) is 72.9 Å². The van der Waals surface area contributed by atoms with E-state index in [9.17, 15) is 5.11 Å². The molecule has 3 atom stereocenters. The Bertz CT molecular complexity index is 7020. The maximum absolute atomic E-state index is 10.2. The molecular weight excluding hydrogens is 1550 g/mol. The number of rotatable bonds is 11. The van der Waals surface area contributed by atoms with Crippen molar-refractivity contribution in [3.8, 4) is 105 Å². The summed E-state index contributed by atoms with van der Waals surface area (Å²) in [6.07, 6.45) is 24.2. The van der Waals surface area contributed by atoms with Crippen molar-refractivity contribution in [3.63, 3.8) is 0 Å². The van der Waals surface area contributed by atoms with Crippen molar-refractivity contribution >= 4 is 74.4 Å². The molecule has 14 aromatic rings. The zero-order valence-electron chi connectivity index (χ0n) is 75.9. The van der Waals surface area contributed by atoms with Crippen LogP contribution in [-0.2, 0) is 21.7 Å². The number of phenols is 1. The van der Waals surface area contributed by atoms with Gasteiger partial charge in [0.15, 0.2) is 0 Å². The number of thiophene rings is 3. The molecule has 3 unspecified atom stereocenters. The number of phenolic OH excluding ortho intramolecular Hbond substituents is 1. The van der Waals surface area contributed by atoms with Gasteiger partial charge in [-0.15, -0.1) is 34.0 Å². The minimum absolute atomic E-state index is 0.0679. The van der Waals surface area contributed by atoms with Crippen molar-refractivity contribution in [2.24, 2.45) is 66.0 Å². The third kappa shape index (κ3) is 8.46. The molecule has 0 aliphatic heterocycles. The standard InChI is InChI=1S/C120H120OS3/c1-16-111-46-48-112(17-2,49-47-111)118(111)96-56-74(73-23-33-82-83-37-29-79(102-41-40-101(122-102)72-21-30-80(121)31-22-72)59-95(83)117(94(82)55-73)109(14)42-44-110(117,15)45-43-109)25-35-85(96)89-62-100-90(63-99(89)118)86-36-26-75(57-97(86)119(100)113(18-3)50-52-114(119,19-4)53-51-113)77-27-38-87-91-64-106-92(65-105(91)123-103(87)60-77)88-39-28-78(61-104(88)124-106)76-24-34-84-81-32-20-71(9)54-93(81)120(98(84)58-76)115(69(5)6)66-107(10,11)67-116(120,70(7)8)108(12,13)68-115/h20-41,54-65,69-70,121H,16-19,42-53,66-68H2,1-15H3. The number of hydrogen-bond acceptors (Lipinski definition) is 4. The van der Waals surface area contributed by atoms with Crippen molar-refractivity contribution in [1.29, 1.82) is 0 Å². The lowest BCUT2D eigenvalue weighted by Gasteiger charge is -2.66. The van der Waals surface area contributed by atoms with Gasteiger partial charge in [-0.25, -0.2) is 0 Å². The van der Waals surface area contributed by atoms with E-state index in [4.69, 9.17) is 0 Å². The Balaban J connectivity index is 0.573. The molecule has 0 amide bonds. The van der Waals surface area contributed by atoms with E-state index in [1.807, 2.05) is 58.3 Å². The molecule has 0 saturated heterocycles. The monoisotopic (exact) mass is 1670 g/mol. The summed E-state index contributed by atoms with van der Waals surface area (Å²) in [6.45, 7) is 39.1. The van der Waals surface area contributed by atoms with Crippen molar-refractivity contribution in [2.45, 2.75) is 248 Å². The first-order valence-electron chi connectivity index (χ1n) is 48.4. The van der Waals surface area contributed by atoms with Crippen LogP contribution in [0.25, 0.3) is 139 Å². The minimum atomic E-state index is -0.103. The van der Waals surface area contributed by atoms with Crippen LogP contribution in [-0.4, -0.2) is 5.11 Å². The molecule has 4 heteroatoms. The van der Waals surface area contributed by atoms with Gasteiger partial charge in [0.05, 0.1) is 0 Å². The molecule has 12 aliphatic rings. The predicted molar refractivity (Wildman–Crippen MR) is 527 cm³/mol. The van der Waals surface area contributed by atoms with Crippen LogP contribution in [0.2, 0.25) is 0 Å². The molecule has 0 radical (unpaired) electrons. The molecule has 12 aliphatic carbocycles. The molecule has 4 spiro atoms. The molecule has 8 bridgehead atoms. The van der Waals surface area contributed by atoms with E-state index in [2.05, 4.69) is 286 Å². The zero-order valence-corrected chi connectivity index (χ0v) is 78.3. The van der Waals surface area contributed by atoms with E-state index in [-0.39, 0.29) is 75.8 Å². The van der Waals surface area contributed by atoms with Crippen molar-refractivity contribution < 1.29 is 5.11 Å². The second kappa shape index (κ2) is 24.4. The fourth-order valence-electron chi connectivity index (χ4n) is 35.9. The van der Waals surface area contributed by atoms with Gasteiger partial charge in [-0.3, -0.25) is 0 Å². The lowest BCUT2D eigenvalue weighted by molar-refractivity contribution is -0.109. The summed E-state index contributed by atoms with van der Waals surface area (Å²) in [7, 11) is 0. The van der Waals surface area contributed by atoms with Crippen LogP contribution in [0.1, 0.15) is 269 Å². The van der Waals surface area contributed by atoms with Crippen LogP contribution in [0.15, 0.2) is 206 Å². The van der Waals surface area contributed by atoms with Crippen LogP contribution in [0.3, 0.4) is 0 Å². The first-order valence-corrected chi connectivity index (χ1v) is 50.8. The third-order valence-electron chi connectivity index (χ3n) is 40.4. The zero-order chi connectivity index (χ0) is 84.5. The van der Waals surface area contributed by atoms with Crippen LogP contribution in [0.4, 0.5) is 0 Å². The summed E-state index contributed by atoms with van der Waals surface area (Å²) in [6, 6.07) is 85.4. The molecular formula is C120H120OS3. The average molecular weight is 1670 g/mol. The molecule has 8 fully saturated rings. The number of hydrogen-bond donors (Lipinski definition) is 1. The van der Waals surface area contributed by atoms with E-state index < -0.39 is 0 Å². The first kappa shape index (κ1) is 76.6. The normalized spacial score (nSPS) is 31.8. The molecule has 1 N–H and O–H groups in total. The van der Waals surface area contributed by atoms with Gasteiger partial charge in [-0.1, -0.05) is 206 Å². The summed E-state index contributed by atoms with van der Waals surface area (Å²) in [4.78, 5) is 2.55. The van der Waals surface area contributed by atoms with Gasteiger partial charge in [0.1, 0.15) is 5.75 Å². The smallest absolute Gasteiger partial charge is 0.115 e. The fourth-order valence-corrected chi connectivity index (χ4v) is 39.3. The Kier molecular flexibility index (Phi) is 15.1. The largest absolute Gasteiger partial charge is 0.508 e. The van der Waals surface area contributed by atoms with E-state index in [0.717, 1.165) is 5.56 Å². The lowest BCUT2D eigenvalue weighted by Crippen LogP contribution is -2.63. The Hall–Kier alpha value is -8.64. The Labute approximate surface area is 748 Å². The molecule has 624 valence electrons. The number of fused-ring (bicyclic) bond motifs is 18. The first-order chi connectivity index (χ1) is 59.6. The lowest BCUT2D eigenvalue weighted by atomic mass is 9.37. The molecule has 11 aromatic carbocycles. The van der Waals surface area contributed by atoms with Crippen LogP contribution < -0.4 is 0 Å². The van der Waals surface area contributed by atoms with E-state index in [1.54, 1.807) is 61.2 Å². The van der Waals surface area contributed by atoms with Gasteiger partial charge in [0, 0.05) is 71.8 Å². The van der Waals surface area contributed by atoms with Crippen molar-refractivity contribution in [3.05, 3.63) is 256 Å². The van der Waals surface area contributed by atoms with E-state index in [1.165, 1.54) is 244 Å². The second-order valence-electron chi connectivity index (χ2n) is 45.6. The van der Waals surface area contributed by atoms with Crippen molar-refractivity contribution in [2.75, 3.05) is 0 Å². The maximum atomic E-state index is 10.2. The van der Waals surface area contributed by atoms with Gasteiger partial charge in [0.25, 0.3) is 0 Å². The molecule has 1 nitrogen and oxygen atoms in total. The topological polar surface area (TPSA) is 20.2 Å². The number of aryl methyl sites for hydroxylation is 1. The highest BCUT2D eigenvalue weighted by Crippen LogP contribution is 2.89. The van der Waals surface area contributed by atoms with Gasteiger partial charge in [-0.2, -0.15) is 0 Å².